The normalized spacial score (nSPS) is 10.9. The average Bonchev–Trinajstić information content (AvgIpc) is 2.98. The maximum Gasteiger partial charge on any atom is 0.301 e. The number of thiocarbonyl (C=S) groups is 1. The van der Waals surface area contributed by atoms with E-state index < -0.39 is 11.5 Å². The Morgan fingerprint density at radius 2 is 1.73 bits per heavy atom. The summed E-state index contributed by atoms with van der Waals surface area (Å²) in [5.74, 6) is -1.29. The van der Waals surface area contributed by atoms with Gasteiger partial charge >= 0.3 is 5.56 Å². The van der Waals surface area contributed by atoms with Crippen molar-refractivity contribution in [2.24, 2.45) is 16.0 Å². The fraction of sp³-hybridized carbons (Fsp3) is 0. The number of H-pyrrole nitrogens is 1. The number of carbonyl (C=O) groups is 1. The van der Waals surface area contributed by atoms with Crippen LogP contribution in [0.2, 0.25) is 0 Å². The zero-order chi connectivity index (χ0) is 18.7. The van der Waals surface area contributed by atoms with E-state index >= 15 is 0 Å². The molecule has 9 heteroatoms. The van der Waals surface area contributed by atoms with Crippen molar-refractivity contribution in [2.75, 3.05) is 0 Å². The largest absolute Gasteiger partial charge is 0.545 e. The van der Waals surface area contributed by atoms with Crippen LogP contribution in [-0.2, 0) is 0 Å². The van der Waals surface area contributed by atoms with E-state index in [0.717, 1.165) is 4.68 Å². The van der Waals surface area contributed by atoms with Gasteiger partial charge in [-0.15, -0.1) is 5.11 Å². The quantitative estimate of drug-likeness (QED) is 0.536. The molecule has 3 N–H and O–H groups in total. The molecule has 2 aromatic carbocycles. The molecule has 0 aliphatic rings. The average molecular weight is 366 g/mol. The Morgan fingerprint density at radius 3 is 2.31 bits per heavy atom. The summed E-state index contributed by atoms with van der Waals surface area (Å²) in [7, 11) is 0. The van der Waals surface area contributed by atoms with E-state index in [2.05, 4.69) is 15.3 Å². The molecule has 1 heterocycles. The highest BCUT2D eigenvalue weighted by Gasteiger charge is 2.16. The van der Waals surface area contributed by atoms with E-state index in [1.807, 2.05) is 18.2 Å². The zero-order valence-corrected chi connectivity index (χ0v) is 14.1. The number of aromatic amines is 1. The molecule has 0 unspecified atom stereocenters. The van der Waals surface area contributed by atoms with Gasteiger partial charge in [0.15, 0.2) is 10.8 Å². The van der Waals surface area contributed by atoms with Crippen LogP contribution >= 0.6 is 12.2 Å². The molecule has 0 saturated heterocycles. The maximum absolute atomic E-state index is 12.5. The Kier molecular flexibility index (Phi) is 4.72. The molecule has 3 rings (SSSR count). The van der Waals surface area contributed by atoms with Crippen LogP contribution in [0.1, 0.15) is 10.4 Å². The van der Waals surface area contributed by atoms with E-state index in [9.17, 15) is 14.7 Å². The minimum Gasteiger partial charge on any atom is -0.545 e. The Bertz CT molecular complexity index is 1050. The summed E-state index contributed by atoms with van der Waals surface area (Å²) in [4.78, 5) is 23.3. The van der Waals surface area contributed by atoms with Gasteiger partial charge in [-0.1, -0.05) is 42.5 Å². The van der Waals surface area contributed by atoms with Crippen LogP contribution in [0.4, 0.5) is 11.4 Å². The number of hydrogen-bond acceptors (Lipinski definition) is 6. The fourth-order valence-electron chi connectivity index (χ4n) is 2.25. The number of hydrogen-bond donors (Lipinski definition) is 2. The molecule has 26 heavy (non-hydrogen) atoms. The summed E-state index contributed by atoms with van der Waals surface area (Å²) in [6.45, 7) is 0. The van der Waals surface area contributed by atoms with Crippen molar-refractivity contribution in [3.8, 4) is 11.3 Å². The summed E-state index contributed by atoms with van der Waals surface area (Å²) < 4.78 is 1.01. The highest BCUT2D eigenvalue weighted by Crippen LogP contribution is 2.27. The monoisotopic (exact) mass is 366 g/mol. The van der Waals surface area contributed by atoms with Gasteiger partial charge in [-0.3, -0.25) is 9.89 Å². The standard InChI is InChI=1S/C17H13N5O3S/c18-17(26)22-15(23)14(13(21-22)10-4-2-1-3-5-10)20-19-12-8-6-11(7-9-12)16(24)25/h1-9,21H,(H2,18,26)(H,24,25)/p-1. The molecule has 0 fully saturated rings. The lowest BCUT2D eigenvalue weighted by atomic mass is 10.1. The molecule has 0 bridgehead atoms. The molecular weight excluding hydrogens is 354 g/mol. The van der Waals surface area contributed by atoms with Crippen LogP contribution in [0, 0.1) is 0 Å². The van der Waals surface area contributed by atoms with E-state index in [4.69, 9.17) is 18.0 Å². The predicted molar refractivity (Wildman–Crippen MR) is 97.6 cm³/mol. The molecule has 0 aliphatic heterocycles. The third-order valence-electron chi connectivity index (χ3n) is 3.52. The molecule has 3 aromatic rings. The second-order valence-corrected chi connectivity index (χ2v) is 5.63. The second kappa shape index (κ2) is 7.11. The lowest BCUT2D eigenvalue weighted by Crippen LogP contribution is -2.29. The number of nitrogens with one attached hydrogen (secondary N) is 1. The zero-order valence-electron chi connectivity index (χ0n) is 13.2. The van der Waals surface area contributed by atoms with Gasteiger partial charge in [0, 0.05) is 5.56 Å². The van der Waals surface area contributed by atoms with Crippen molar-refractivity contribution in [2.45, 2.75) is 0 Å². The van der Waals surface area contributed by atoms with Crippen molar-refractivity contribution in [1.29, 1.82) is 0 Å². The number of carbonyl (C=O) groups excluding carboxylic acids is 1. The van der Waals surface area contributed by atoms with Crippen LogP contribution in [0.15, 0.2) is 69.6 Å². The Labute approximate surface area is 152 Å². The second-order valence-electron chi connectivity index (χ2n) is 5.21. The van der Waals surface area contributed by atoms with E-state index in [1.165, 1.54) is 24.3 Å². The van der Waals surface area contributed by atoms with Crippen molar-refractivity contribution >= 4 is 34.7 Å². The SMILES string of the molecule is NC(=S)n1[nH]c(-c2ccccc2)c(N=Nc2ccc(C(=O)[O-])cc2)c1=O. The predicted octanol–water partition coefficient (Wildman–Crippen LogP) is 1.71. The van der Waals surface area contributed by atoms with Crippen molar-refractivity contribution in [1.82, 2.24) is 9.78 Å². The van der Waals surface area contributed by atoms with Gasteiger partial charge in [0.25, 0.3) is 0 Å². The first-order valence-electron chi connectivity index (χ1n) is 7.41. The molecule has 1 aromatic heterocycles. The number of nitrogens with zero attached hydrogens (tertiary/aromatic N) is 3. The maximum atomic E-state index is 12.5. The lowest BCUT2D eigenvalue weighted by Gasteiger charge is -2.01. The summed E-state index contributed by atoms with van der Waals surface area (Å²) in [5, 5.41) is 21.4. The molecular formula is C17H12N5O3S-. The minimum atomic E-state index is -1.29. The first kappa shape index (κ1) is 17.2. The molecule has 0 amide bonds. The number of carboxylic acid groups (broad SMARTS) is 1. The Balaban J connectivity index is 2.04. The Hall–Kier alpha value is -3.59. The molecule has 0 spiro atoms. The van der Waals surface area contributed by atoms with Gasteiger partial charge in [0.05, 0.1) is 17.4 Å². The third kappa shape index (κ3) is 3.42. The number of azo groups is 1. The number of aromatic carboxylic acids is 1. The topological polar surface area (TPSA) is 129 Å². The lowest BCUT2D eigenvalue weighted by molar-refractivity contribution is -0.255. The van der Waals surface area contributed by atoms with E-state index in [1.54, 1.807) is 12.1 Å². The van der Waals surface area contributed by atoms with Crippen LogP contribution < -0.4 is 16.4 Å². The summed E-state index contributed by atoms with van der Waals surface area (Å²) in [5.41, 5.74) is 6.57. The highest BCUT2D eigenvalue weighted by molar-refractivity contribution is 7.80. The number of rotatable bonds is 4. The third-order valence-corrected chi connectivity index (χ3v) is 3.70. The highest BCUT2D eigenvalue weighted by atomic mass is 32.1. The molecule has 8 nitrogen and oxygen atoms in total. The van der Waals surface area contributed by atoms with Crippen molar-refractivity contribution in [3.63, 3.8) is 0 Å². The summed E-state index contributed by atoms with van der Waals surface area (Å²) in [6.07, 6.45) is 0. The van der Waals surface area contributed by atoms with Crippen LogP contribution in [0.25, 0.3) is 11.3 Å². The van der Waals surface area contributed by atoms with Crippen LogP contribution in [0.3, 0.4) is 0 Å². The smallest absolute Gasteiger partial charge is 0.301 e. The first-order chi connectivity index (χ1) is 12.5. The summed E-state index contributed by atoms with van der Waals surface area (Å²) >= 11 is 4.86. The van der Waals surface area contributed by atoms with Gasteiger partial charge in [-0.2, -0.15) is 9.80 Å². The van der Waals surface area contributed by atoms with Gasteiger partial charge in [0.1, 0.15) is 0 Å². The van der Waals surface area contributed by atoms with Crippen LogP contribution in [-0.4, -0.2) is 20.9 Å². The van der Waals surface area contributed by atoms with E-state index in [-0.39, 0.29) is 16.4 Å². The number of carboxylic acids is 1. The van der Waals surface area contributed by atoms with Gasteiger partial charge in [0.2, 0.25) is 0 Å². The fourth-order valence-corrected chi connectivity index (χ4v) is 2.38. The molecule has 0 aliphatic carbocycles. The van der Waals surface area contributed by atoms with E-state index in [0.29, 0.717) is 16.9 Å². The number of benzene rings is 2. The molecule has 0 saturated carbocycles. The number of aromatic nitrogens is 2. The van der Waals surface area contributed by atoms with Crippen LogP contribution in [0.5, 0.6) is 0 Å². The van der Waals surface area contributed by atoms with Gasteiger partial charge in [-0.05, 0) is 29.9 Å². The van der Waals surface area contributed by atoms with Gasteiger partial charge < -0.3 is 15.6 Å². The van der Waals surface area contributed by atoms with Crippen molar-refractivity contribution in [3.05, 3.63) is 70.5 Å². The van der Waals surface area contributed by atoms with Gasteiger partial charge in [-0.25, -0.2) is 0 Å². The first-order valence-corrected chi connectivity index (χ1v) is 7.81. The Morgan fingerprint density at radius 1 is 1.08 bits per heavy atom. The molecule has 0 atom stereocenters. The van der Waals surface area contributed by atoms with Crippen molar-refractivity contribution < 1.29 is 9.90 Å². The molecule has 130 valence electrons. The molecule has 0 radical (unpaired) electrons. The minimum absolute atomic E-state index is 0.0198. The number of nitrogens with two attached hydrogens (primary N) is 1. The summed E-state index contributed by atoms with van der Waals surface area (Å²) in [6, 6.07) is 14.6.